The van der Waals surface area contributed by atoms with Crippen molar-refractivity contribution in [3.05, 3.63) is 94.0 Å². The molecule has 218 valence electrons. The molecule has 1 aliphatic rings. The van der Waals surface area contributed by atoms with Crippen LogP contribution < -0.4 is 9.62 Å². The van der Waals surface area contributed by atoms with E-state index in [1.807, 2.05) is 38.1 Å². The normalized spacial score (nSPS) is 14.4. The predicted molar refractivity (Wildman–Crippen MR) is 164 cm³/mol. The number of rotatable bonds is 11. The summed E-state index contributed by atoms with van der Waals surface area (Å²) < 4.78 is 28.8. The number of anilines is 1. The Balaban J connectivity index is 1.72. The zero-order valence-electron chi connectivity index (χ0n) is 23.2. The summed E-state index contributed by atoms with van der Waals surface area (Å²) in [5, 5.41) is 3.54. The molecule has 0 radical (unpaired) electrons. The fraction of sp³-hybridized carbons (Fsp3) is 0.355. The Labute approximate surface area is 252 Å². The van der Waals surface area contributed by atoms with Crippen LogP contribution in [0.2, 0.25) is 10.0 Å². The molecule has 0 spiro atoms. The average Bonchev–Trinajstić information content (AvgIpc) is 3.46. The molecular formula is C31H35Cl2N3O4S. The van der Waals surface area contributed by atoms with E-state index in [0.29, 0.717) is 6.42 Å². The molecule has 3 aromatic rings. The number of benzene rings is 3. The van der Waals surface area contributed by atoms with Gasteiger partial charge >= 0.3 is 0 Å². The predicted octanol–water partition coefficient (Wildman–Crippen LogP) is 6.36. The molecule has 0 aromatic heterocycles. The molecule has 1 atom stereocenters. The van der Waals surface area contributed by atoms with E-state index < -0.39 is 28.5 Å². The van der Waals surface area contributed by atoms with Crippen LogP contribution in [-0.4, -0.2) is 43.8 Å². The van der Waals surface area contributed by atoms with Crippen LogP contribution in [0.1, 0.15) is 50.2 Å². The molecule has 0 bridgehead atoms. The lowest BCUT2D eigenvalue weighted by atomic mass is 10.1. The van der Waals surface area contributed by atoms with Crippen LogP contribution in [0.5, 0.6) is 0 Å². The van der Waals surface area contributed by atoms with E-state index in [1.54, 1.807) is 18.2 Å². The van der Waals surface area contributed by atoms with Crippen molar-refractivity contribution in [2.45, 2.75) is 69.5 Å². The number of carbonyl (C=O) groups excluding carboxylic acids is 2. The maximum Gasteiger partial charge on any atom is 0.264 e. The first kappa shape index (κ1) is 30.9. The molecule has 10 heteroatoms. The number of sulfonamides is 1. The van der Waals surface area contributed by atoms with Crippen molar-refractivity contribution in [3.8, 4) is 0 Å². The summed E-state index contributed by atoms with van der Waals surface area (Å²) in [6.45, 7) is 3.43. The van der Waals surface area contributed by atoms with Gasteiger partial charge in [-0.1, -0.05) is 91.0 Å². The van der Waals surface area contributed by atoms with Crippen LogP contribution in [0.15, 0.2) is 77.7 Å². The molecule has 0 saturated heterocycles. The molecule has 1 fully saturated rings. The molecular weight excluding hydrogens is 581 g/mol. The number of hydrogen-bond acceptors (Lipinski definition) is 4. The van der Waals surface area contributed by atoms with E-state index in [2.05, 4.69) is 5.32 Å². The Hall–Kier alpha value is -3.07. The highest BCUT2D eigenvalue weighted by atomic mass is 35.5. The van der Waals surface area contributed by atoms with Gasteiger partial charge in [0.15, 0.2) is 0 Å². The number of carbonyl (C=O) groups is 2. The lowest BCUT2D eigenvalue weighted by molar-refractivity contribution is -0.140. The Morgan fingerprint density at radius 3 is 2.29 bits per heavy atom. The number of nitrogens with one attached hydrogen (secondary N) is 1. The van der Waals surface area contributed by atoms with Gasteiger partial charge in [0.1, 0.15) is 12.6 Å². The van der Waals surface area contributed by atoms with Gasteiger partial charge in [-0.2, -0.15) is 0 Å². The van der Waals surface area contributed by atoms with Crippen LogP contribution >= 0.6 is 23.2 Å². The maximum atomic E-state index is 14.2. The molecule has 3 aromatic carbocycles. The summed E-state index contributed by atoms with van der Waals surface area (Å²) in [5.74, 6) is -0.738. The van der Waals surface area contributed by atoms with Crippen molar-refractivity contribution in [1.29, 1.82) is 0 Å². The van der Waals surface area contributed by atoms with Crippen molar-refractivity contribution in [3.63, 3.8) is 0 Å². The quantitative estimate of drug-likeness (QED) is 0.272. The lowest BCUT2D eigenvalue weighted by Gasteiger charge is -2.34. The standard InChI is InChI=1S/C31H35Cl2N3O4S/c1-3-29(31(38)34-24-12-7-8-13-24)35(20-23-11-9-10-22(2)18-23)30(37)21-36(25-16-17-27(32)28(33)19-25)41(39,40)26-14-5-4-6-15-26/h4-6,9-11,14-19,24,29H,3,7-8,12-13,20-21H2,1-2H3,(H,34,38)/t29-/m0/s1. The first-order chi connectivity index (χ1) is 19.6. The van der Waals surface area contributed by atoms with Crippen molar-refractivity contribution >= 4 is 50.7 Å². The van der Waals surface area contributed by atoms with Crippen molar-refractivity contribution < 1.29 is 18.0 Å². The molecule has 4 rings (SSSR count). The SMILES string of the molecule is CC[C@@H](C(=O)NC1CCCC1)N(Cc1cccc(C)c1)C(=O)CN(c1ccc(Cl)c(Cl)c1)S(=O)(=O)c1ccccc1. The van der Waals surface area contributed by atoms with E-state index in [9.17, 15) is 18.0 Å². The van der Waals surface area contributed by atoms with E-state index in [1.165, 1.54) is 35.2 Å². The second kappa shape index (κ2) is 13.7. The summed E-state index contributed by atoms with van der Waals surface area (Å²) in [6, 6.07) is 19.3. The molecule has 7 nitrogen and oxygen atoms in total. The van der Waals surface area contributed by atoms with E-state index in [-0.39, 0.29) is 39.1 Å². The molecule has 0 unspecified atom stereocenters. The highest BCUT2D eigenvalue weighted by Crippen LogP contribution is 2.31. The molecule has 1 aliphatic carbocycles. The van der Waals surface area contributed by atoms with Gasteiger partial charge in [-0.05, 0) is 62.1 Å². The Morgan fingerprint density at radius 1 is 0.951 bits per heavy atom. The van der Waals surface area contributed by atoms with Crippen LogP contribution in [-0.2, 0) is 26.2 Å². The summed E-state index contributed by atoms with van der Waals surface area (Å²) >= 11 is 12.4. The first-order valence-electron chi connectivity index (χ1n) is 13.8. The number of aryl methyl sites for hydroxylation is 1. The number of hydrogen-bond donors (Lipinski definition) is 1. The third-order valence-electron chi connectivity index (χ3n) is 7.32. The van der Waals surface area contributed by atoms with Gasteiger partial charge in [0.25, 0.3) is 10.0 Å². The van der Waals surface area contributed by atoms with Crippen molar-refractivity contribution in [1.82, 2.24) is 10.2 Å². The molecule has 2 amide bonds. The molecule has 1 N–H and O–H groups in total. The maximum absolute atomic E-state index is 14.2. The minimum Gasteiger partial charge on any atom is -0.352 e. The fourth-order valence-corrected chi connectivity index (χ4v) is 6.90. The van der Waals surface area contributed by atoms with E-state index >= 15 is 0 Å². The number of amides is 2. The number of halogens is 2. The van der Waals surface area contributed by atoms with Gasteiger partial charge < -0.3 is 10.2 Å². The van der Waals surface area contributed by atoms with Crippen molar-refractivity contribution in [2.75, 3.05) is 10.8 Å². The van der Waals surface area contributed by atoms with Crippen LogP contribution in [0.4, 0.5) is 5.69 Å². The third kappa shape index (κ3) is 7.61. The third-order valence-corrected chi connectivity index (χ3v) is 9.85. The number of nitrogens with zero attached hydrogens (tertiary/aromatic N) is 2. The zero-order valence-corrected chi connectivity index (χ0v) is 25.6. The average molecular weight is 617 g/mol. The first-order valence-corrected chi connectivity index (χ1v) is 16.0. The smallest absolute Gasteiger partial charge is 0.264 e. The second-order valence-electron chi connectivity index (χ2n) is 10.3. The Bertz CT molecular complexity index is 1480. The van der Waals surface area contributed by atoms with Gasteiger partial charge in [0.2, 0.25) is 11.8 Å². The highest BCUT2D eigenvalue weighted by molar-refractivity contribution is 7.92. The Morgan fingerprint density at radius 2 is 1.66 bits per heavy atom. The molecule has 0 aliphatic heterocycles. The van der Waals surface area contributed by atoms with E-state index in [0.717, 1.165) is 41.1 Å². The molecule has 1 saturated carbocycles. The lowest BCUT2D eigenvalue weighted by Crippen LogP contribution is -2.53. The van der Waals surface area contributed by atoms with Gasteiger partial charge in [0, 0.05) is 12.6 Å². The monoisotopic (exact) mass is 615 g/mol. The summed E-state index contributed by atoms with van der Waals surface area (Å²) in [7, 11) is -4.18. The highest BCUT2D eigenvalue weighted by Gasteiger charge is 2.34. The zero-order chi connectivity index (χ0) is 29.6. The molecule has 0 heterocycles. The van der Waals surface area contributed by atoms with Gasteiger partial charge in [-0.15, -0.1) is 0 Å². The minimum atomic E-state index is -4.18. The van der Waals surface area contributed by atoms with Crippen LogP contribution in [0, 0.1) is 6.92 Å². The second-order valence-corrected chi connectivity index (χ2v) is 13.0. The van der Waals surface area contributed by atoms with Crippen LogP contribution in [0.25, 0.3) is 0 Å². The molecule has 41 heavy (non-hydrogen) atoms. The summed E-state index contributed by atoms with van der Waals surface area (Å²) in [4.78, 5) is 29.2. The van der Waals surface area contributed by atoms with Gasteiger partial charge in [-0.25, -0.2) is 8.42 Å². The van der Waals surface area contributed by atoms with Gasteiger partial charge in [0.05, 0.1) is 20.6 Å². The summed E-state index contributed by atoms with van der Waals surface area (Å²) in [5.41, 5.74) is 2.05. The summed E-state index contributed by atoms with van der Waals surface area (Å²) in [6.07, 6.45) is 4.31. The Kier molecular flexibility index (Phi) is 10.3. The fourth-order valence-electron chi connectivity index (χ4n) is 5.18. The van der Waals surface area contributed by atoms with Gasteiger partial charge in [-0.3, -0.25) is 13.9 Å². The largest absolute Gasteiger partial charge is 0.352 e. The van der Waals surface area contributed by atoms with Crippen LogP contribution in [0.3, 0.4) is 0 Å². The van der Waals surface area contributed by atoms with E-state index in [4.69, 9.17) is 23.2 Å². The van der Waals surface area contributed by atoms with Crippen molar-refractivity contribution in [2.24, 2.45) is 0 Å². The minimum absolute atomic E-state index is 0.0233. The topological polar surface area (TPSA) is 86.8 Å².